The van der Waals surface area contributed by atoms with Crippen molar-refractivity contribution in [2.24, 2.45) is 0 Å². The van der Waals surface area contributed by atoms with E-state index in [2.05, 4.69) is 0 Å². The molecule has 1 fully saturated rings. The number of carbonyl (C=O) groups is 2. The molecule has 1 aliphatic rings. The molecule has 1 amide bonds. The van der Waals surface area contributed by atoms with E-state index in [0.717, 1.165) is 22.9 Å². The molecule has 0 aromatic heterocycles. The molecular weight excluding hydrogens is 493 g/mol. The van der Waals surface area contributed by atoms with E-state index in [1.54, 1.807) is 42.5 Å². The van der Waals surface area contributed by atoms with Crippen LogP contribution in [0.3, 0.4) is 0 Å². The molecule has 0 bridgehead atoms. The fourth-order valence-electron chi connectivity index (χ4n) is 2.85. The summed E-state index contributed by atoms with van der Waals surface area (Å²) >= 11 is 18.5. The monoisotopic (exact) mass is 511 g/mol. The lowest BCUT2D eigenvalue weighted by atomic mass is 10.1. The summed E-state index contributed by atoms with van der Waals surface area (Å²) in [4.78, 5) is 25.1. The van der Waals surface area contributed by atoms with Gasteiger partial charge in [-0.15, -0.1) is 0 Å². The van der Waals surface area contributed by atoms with E-state index in [1.165, 1.54) is 4.90 Å². The first-order valence-corrected chi connectivity index (χ1v) is 11.6. The second-order valence-corrected chi connectivity index (χ2v) is 9.16. The van der Waals surface area contributed by atoms with Crippen molar-refractivity contribution in [1.29, 1.82) is 0 Å². The summed E-state index contributed by atoms with van der Waals surface area (Å²) in [6, 6.07) is 10.5. The Morgan fingerprint density at radius 3 is 2.66 bits per heavy atom. The number of carboxylic acid groups (broad SMARTS) is 1. The van der Waals surface area contributed by atoms with Crippen LogP contribution in [0.15, 0.2) is 41.3 Å². The number of hydrogen-bond acceptors (Lipinski definition) is 6. The molecule has 1 N–H and O–H groups in total. The summed E-state index contributed by atoms with van der Waals surface area (Å²) < 4.78 is 12.0. The Balaban J connectivity index is 1.77. The number of thiocarbonyl (C=S) groups is 1. The van der Waals surface area contributed by atoms with Gasteiger partial charge in [0.15, 0.2) is 11.5 Å². The molecule has 0 atom stereocenters. The maximum atomic E-state index is 12.6. The van der Waals surface area contributed by atoms with Crippen LogP contribution in [-0.4, -0.2) is 39.4 Å². The van der Waals surface area contributed by atoms with Crippen LogP contribution in [0.5, 0.6) is 11.5 Å². The van der Waals surface area contributed by atoms with E-state index in [4.69, 9.17) is 50.0 Å². The molecule has 168 valence electrons. The molecule has 1 aliphatic heterocycles. The molecule has 6 nitrogen and oxygen atoms in total. The molecule has 2 aromatic rings. The van der Waals surface area contributed by atoms with Gasteiger partial charge in [0.2, 0.25) is 0 Å². The second-order valence-electron chi connectivity index (χ2n) is 6.64. The van der Waals surface area contributed by atoms with Crippen molar-refractivity contribution in [2.75, 3.05) is 13.2 Å². The zero-order valence-electron chi connectivity index (χ0n) is 17.0. The van der Waals surface area contributed by atoms with Gasteiger partial charge in [0.25, 0.3) is 5.91 Å². The molecule has 0 saturated carbocycles. The van der Waals surface area contributed by atoms with E-state index < -0.39 is 5.97 Å². The number of halogens is 2. The van der Waals surface area contributed by atoms with E-state index in [-0.39, 0.29) is 25.5 Å². The number of hydrogen-bond donors (Lipinski definition) is 1. The Morgan fingerprint density at radius 2 is 1.97 bits per heavy atom. The fraction of sp³-hybridized carbons (Fsp3) is 0.227. The number of benzene rings is 2. The van der Waals surface area contributed by atoms with Crippen LogP contribution in [0, 0.1) is 0 Å². The highest BCUT2D eigenvalue weighted by molar-refractivity contribution is 8.26. The predicted molar refractivity (Wildman–Crippen MR) is 131 cm³/mol. The van der Waals surface area contributed by atoms with Gasteiger partial charge in [-0.05, 0) is 42.8 Å². The van der Waals surface area contributed by atoms with Crippen LogP contribution in [-0.2, 0) is 16.2 Å². The zero-order valence-corrected chi connectivity index (χ0v) is 20.1. The van der Waals surface area contributed by atoms with E-state index in [9.17, 15) is 9.59 Å². The largest absolute Gasteiger partial charge is 0.490 e. The highest BCUT2D eigenvalue weighted by Crippen LogP contribution is 2.35. The highest BCUT2D eigenvalue weighted by atomic mass is 35.5. The first-order chi connectivity index (χ1) is 15.3. The molecule has 0 aliphatic carbocycles. The first-order valence-electron chi connectivity index (χ1n) is 9.59. The van der Waals surface area contributed by atoms with Crippen molar-refractivity contribution in [3.8, 4) is 11.5 Å². The third-order valence-electron chi connectivity index (χ3n) is 4.39. The van der Waals surface area contributed by atoms with Gasteiger partial charge < -0.3 is 14.6 Å². The summed E-state index contributed by atoms with van der Waals surface area (Å²) in [5, 5.41) is 9.92. The van der Waals surface area contributed by atoms with Crippen molar-refractivity contribution in [3.05, 3.63) is 62.5 Å². The molecule has 3 rings (SSSR count). The van der Waals surface area contributed by atoms with E-state index in [0.29, 0.717) is 37.4 Å². The SMILES string of the molecule is CCOc1cc(/C=C2/SC(=S)N(CCC(=O)O)C2=O)ccc1OCc1ccc(Cl)cc1Cl. The maximum Gasteiger partial charge on any atom is 0.305 e. The fourth-order valence-corrected chi connectivity index (χ4v) is 4.62. The Morgan fingerprint density at radius 1 is 1.19 bits per heavy atom. The predicted octanol–water partition coefficient (Wildman–Crippen LogP) is 5.65. The normalized spacial score (nSPS) is 14.8. The number of amides is 1. The average molecular weight is 512 g/mol. The van der Waals surface area contributed by atoms with Crippen LogP contribution in [0.4, 0.5) is 0 Å². The van der Waals surface area contributed by atoms with Crippen molar-refractivity contribution in [1.82, 2.24) is 4.90 Å². The number of thioether (sulfide) groups is 1. The number of nitrogens with zero attached hydrogens (tertiary/aromatic N) is 1. The quantitative estimate of drug-likeness (QED) is 0.344. The van der Waals surface area contributed by atoms with Crippen molar-refractivity contribution >= 4 is 69.5 Å². The van der Waals surface area contributed by atoms with E-state index in [1.807, 2.05) is 6.92 Å². The molecule has 1 saturated heterocycles. The highest BCUT2D eigenvalue weighted by Gasteiger charge is 2.32. The summed E-state index contributed by atoms with van der Waals surface area (Å²) in [6.45, 7) is 2.57. The van der Waals surface area contributed by atoms with Crippen molar-refractivity contribution < 1.29 is 24.2 Å². The first kappa shape index (κ1) is 24.4. The summed E-state index contributed by atoms with van der Waals surface area (Å²) in [5.41, 5.74) is 1.51. The second kappa shape index (κ2) is 11.0. The smallest absolute Gasteiger partial charge is 0.305 e. The minimum Gasteiger partial charge on any atom is -0.490 e. The Kier molecular flexibility index (Phi) is 8.42. The lowest BCUT2D eigenvalue weighted by molar-refractivity contribution is -0.137. The molecule has 32 heavy (non-hydrogen) atoms. The van der Waals surface area contributed by atoms with Gasteiger partial charge in [0, 0.05) is 22.2 Å². The summed E-state index contributed by atoms with van der Waals surface area (Å²) in [6.07, 6.45) is 1.53. The standard InChI is InChI=1S/C22H19Cl2NO5S2/c1-2-29-18-9-13(10-19-21(28)25(22(31)32-19)8-7-20(26)27)3-6-17(18)30-12-14-4-5-15(23)11-16(14)24/h3-6,9-11H,2,7-8,12H2,1H3,(H,26,27)/b19-10+. The van der Waals surface area contributed by atoms with Gasteiger partial charge in [-0.2, -0.15) is 0 Å². The molecule has 0 radical (unpaired) electrons. The van der Waals surface area contributed by atoms with Gasteiger partial charge in [0.05, 0.1) is 17.9 Å². The molecule has 0 spiro atoms. The Labute approximate surface area is 205 Å². The number of carboxylic acids is 1. The van der Waals surface area contributed by atoms with Gasteiger partial charge in [0.1, 0.15) is 10.9 Å². The Hall–Kier alpha value is -2.26. The van der Waals surface area contributed by atoms with Gasteiger partial charge >= 0.3 is 5.97 Å². The minimum atomic E-state index is -0.986. The van der Waals surface area contributed by atoms with Crippen molar-refractivity contribution in [3.63, 3.8) is 0 Å². The summed E-state index contributed by atoms with van der Waals surface area (Å²) in [5.74, 6) is -0.242. The van der Waals surface area contributed by atoms with Crippen molar-refractivity contribution in [2.45, 2.75) is 20.0 Å². The van der Waals surface area contributed by atoms with Crippen LogP contribution >= 0.6 is 47.2 Å². The topological polar surface area (TPSA) is 76.1 Å². The average Bonchev–Trinajstić information content (AvgIpc) is 2.99. The lowest BCUT2D eigenvalue weighted by Crippen LogP contribution is -2.30. The number of aliphatic carboxylic acids is 1. The minimum absolute atomic E-state index is 0.0432. The summed E-state index contributed by atoms with van der Waals surface area (Å²) in [7, 11) is 0. The van der Waals surface area contributed by atoms with Gasteiger partial charge in [-0.3, -0.25) is 14.5 Å². The molecule has 2 aromatic carbocycles. The van der Waals surface area contributed by atoms with Gasteiger partial charge in [-0.1, -0.05) is 59.3 Å². The van der Waals surface area contributed by atoms with E-state index >= 15 is 0 Å². The Bertz CT molecular complexity index is 1090. The number of carbonyl (C=O) groups excluding carboxylic acids is 1. The van der Waals surface area contributed by atoms with Gasteiger partial charge in [-0.25, -0.2) is 0 Å². The maximum absolute atomic E-state index is 12.6. The third kappa shape index (κ3) is 6.16. The molecule has 10 heteroatoms. The third-order valence-corrected chi connectivity index (χ3v) is 6.35. The molecule has 1 heterocycles. The van der Waals surface area contributed by atoms with Crippen LogP contribution < -0.4 is 9.47 Å². The number of rotatable bonds is 9. The van der Waals surface area contributed by atoms with Crippen LogP contribution in [0.25, 0.3) is 6.08 Å². The molecular formula is C22H19Cl2NO5S2. The van der Waals surface area contributed by atoms with Crippen LogP contribution in [0.2, 0.25) is 10.0 Å². The number of ether oxygens (including phenoxy) is 2. The lowest BCUT2D eigenvalue weighted by Gasteiger charge is -2.14. The van der Waals surface area contributed by atoms with Crippen LogP contribution in [0.1, 0.15) is 24.5 Å². The zero-order chi connectivity index (χ0) is 23.3. The molecule has 0 unspecified atom stereocenters.